The van der Waals surface area contributed by atoms with Gasteiger partial charge in [-0.1, -0.05) is 50.2 Å². The topological polar surface area (TPSA) is 105 Å². The van der Waals surface area contributed by atoms with Gasteiger partial charge in [-0.15, -0.1) is 0 Å². The Hall–Kier alpha value is -5.24. The van der Waals surface area contributed by atoms with E-state index < -0.39 is 23.9 Å². The number of ether oxygens (including phenoxy) is 4. The molecule has 8 nitrogen and oxygen atoms in total. The Kier molecular flexibility index (Phi) is 5.54. The molecule has 0 radical (unpaired) electrons. The molecule has 39 heavy (non-hydrogen) atoms. The lowest BCUT2D eigenvalue weighted by Crippen LogP contribution is -2.18. The highest BCUT2D eigenvalue weighted by atomic mass is 16.6. The van der Waals surface area contributed by atoms with Gasteiger partial charge in [-0.3, -0.25) is 0 Å². The van der Waals surface area contributed by atoms with Crippen molar-refractivity contribution >= 4 is 23.9 Å². The van der Waals surface area contributed by atoms with Crippen LogP contribution in [-0.2, 0) is 14.9 Å². The van der Waals surface area contributed by atoms with Crippen LogP contribution in [0.3, 0.4) is 0 Å². The first-order valence-electron chi connectivity index (χ1n) is 12.1. The Balaban J connectivity index is 1.20. The van der Waals surface area contributed by atoms with Crippen LogP contribution in [0, 0.1) is 0 Å². The fourth-order valence-corrected chi connectivity index (χ4v) is 4.67. The Bertz CT molecular complexity index is 1560. The fraction of sp³-hybridized carbons (Fsp3) is 0.0968. The van der Waals surface area contributed by atoms with Crippen molar-refractivity contribution in [1.29, 1.82) is 0 Å². The molecule has 4 aromatic rings. The molecular formula is C31H20O8. The second-order valence-corrected chi connectivity index (χ2v) is 9.59. The maximum Gasteiger partial charge on any atom is 0.350 e. The second-order valence-electron chi connectivity index (χ2n) is 9.59. The van der Waals surface area contributed by atoms with Crippen molar-refractivity contribution in [3.63, 3.8) is 0 Å². The van der Waals surface area contributed by atoms with E-state index in [1.165, 1.54) is 12.1 Å². The van der Waals surface area contributed by atoms with Gasteiger partial charge in [-0.25, -0.2) is 19.2 Å². The molecule has 0 atom stereocenters. The standard InChI is InChI=1S/C31H20O8/c1-31(2,17-9-13-19(14-10-17)36-23-7-3-5-21-25(23)29(34)38-27(21)32)18-11-15-20(16-12-18)37-24-8-4-6-22-26(24)30(35)39-28(22)33/h3-16H,1-2H3. The van der Waals surface area contributed by atoms with Gasteiger partial charge < -0.3 is 18.9 Å². The predicted octanol–water partition coefficient (Wildman–Crippen LogP) is 6.22. The molecule has 0 amide bonds. The molecule has 2 aliphatic heterocycles. The van der Waals surface area contributed by atoms with Gasteiger partial charge in [0.15, 0.2) is 0 Å². The summed E-state index contributed by atoms with van der Waals surface area (Å²) in [5.41, 5.74) is 2.26. The number of hydrogen-bond donors (Lipinski definition) is 0. The largest absolute Gasteiger partial charge is 0.456 e. The maximum atomic E-state index is 12.1. The molecule has 0 N–H and O–H groups in total. The van der Waals surface area contributed by atoms with Crippen molar-refractivity contribution in [1.82, 2.24) is 0 Å². The summed E-state index contributed by atoms with van der Waals surface area (Å²) in [5.74, 6) is -1.28. The van der Waals surface area contributed by atoms with Gasteiger partial charge in [0, 0.05) is 5.41 Å². The number of benzene rings is 4. The minimum Gasteiger partial charge on any atom is -0.456 e. The van der Waals surface area contributed by atoms with Crippen molar-refractivity contribution in [3.05, 3.63) is 118 Å². The summed E-state index contributed by atoms with van der Waals surface area (Å²) in [6, 6.07) is 24.5. The van der Waals surface area contributed by atoms with E-state index in [0.29, 0.717) is 11.5 Å². The van der Waals surface area contributed by atoms with E-state index in [9.17, 15) is 19.2 Å². The fourth-order valence-electron chi connectivity index (χ4n) is 4.67. The van der Waals surface area contributed by atoms with Crippen LogP contribution in [-0.4, -0.2) is 23.9 Å². The first kappa shape index (κ1) is 24.1. The molecule has 2 heterocycles. The monoisotopic (exact) mass is 520 g/mol. The number of carbonyl (C=O) groups excluding carboxylic acids is 4. The molecule has 8 heteroatoms. The Labute approximate surface area is 222 Å². The SMILES string of the molecule is CC(C)(c1ccc(Oc2cccc3c2C(=O)OC3=O)cc1)c1ccc(Oc2cccc3c2C(=O)OC3=O)cc1. The Morgan fingerprint density at radius 1 is 0.513 bits per heavy atom. The Morgan fingerprint density at radius 3 is 1.28 bits per heavy atom. The molecule has 0 fully saturated rings. The van der Waals surface area contributed by atoms with Gasteiger partial charge in [0.05, 0.1) is 11.1 Å². The second kappa shape index (κ2) is 8.95. The highest BCUT2D eigenvalue weighted by Gasteiger charge is 2.34. The number of rotatable bonds is 6. The van der Waals surface area contributed by atoms with Crippen LogP contribution in [0.25, 0.3) is 0 Å². The number of cyclic esters (lactones) is 4. The summed E-state index contributed by atoms with van der Waals surface area (Å²) in [5, 5.41) is 0. The average Bonchev–Trinajstić information content (AvgIpc) is 3.39. The van der Waals surface area contributed by atoms with Crippen molar-refractivity contribution in [2.24, 2.45) is 0 Å². The molecule has 0 aliphatic carbocycles. The lowest BCUT2D eigenvalue weighted by molar-refractivity contribution is 0.0424. The van der Waals surface area contributed by atoms with Crippen LogP contribution in [0.1, 0.15) is 66.4 Å². The van der Waals surface area contributed by atoms with E-state index in [0.717, 1.165) is 11.1 Å². The van der Waals surface area contributed by atoms with Gasteiger partial charge >= 0.3 is 23.9 Å². The van der Waals surface area contributed by atoms with Gasteiger partial charge in [0.1, 0.15) is 34.1 Å². The third kappa shape index (κ3) is 4.12. The van der Waals surface area contributed by atoms with Gasteiger partial charge in [-0.2, -0.15) is 0 Å². The van der Waals surface area contributed by atoms with Gasteiger partial charge in [-0.05, 0) is 59.7 Å². The minimum absolute atomic E-state index is 0.123. The van der Waals surface area contributed by atoms with Crippen LogP contribution >= 0.6 is 0 Å². The summed E-state index contributed by atoms with van der Waals surface area (Å²) in [4.78, 5) is 47.8. The van der Waals surface area contributed by atoms with E-state index in [2.05, 4.69) is 13.8 Å². The van der Waals surface area contributed by atoms with Crippen LogP contribution in [0.4, 0.5) is 0 Å². The predicted molar refractivity (Wildman–Crippen MR) is 138 cm³/mol. The van der Waals surface area contributed by atoms with Crippen LogP contribution in [0.5, 0.6) is 23.0 Å². The molecule has 0 bridgehead atoms. The van der Waals surface area contributed by atoms with Crippen molar-refractivity contribution in [3.8, 4) is 23.0 Å². The first-order valence-corrected chi connectivity index (χ1v) is 12.1. The molecule has 0 saturated heterocycles. The first-order chi connectivity index (χ1) is 18.7. The summed E-state index contributed by atoms with van der Waals surface area (Å²) >= 11 is 0. The van der Waals surface area contributed by atoms with Crippen LogP contribution in [0.15, 0.2) is 84.9 Å². The number of fused-ring (bicyclic) bond motifs is 2. The van der Waals surface area contributed by atoms with Gasteiger partial charge in [0.2, 0.25) is 0 Å². The van der Waals surface area contributed by atoms with Gasteiger partial charge in [0.25, 0.3) is 0 Å². The highest BCUT2D eigenvalue weighted by Crippen LogP contribution is 2.37. The molecule has 6 rings (SSSR count). The number of esters is 4. The summed E-state index contributed by atoms with van der Waals surface area (Å²) in [6.45, 7) is 4.16. The minimum atomic E-state index is -0.721. The molecule has 0 aromatic heterocycles. The van der Waals surface area contributed by atoms with E-state index in [4.69, 9.17) is 18.9 Å². The molecular weight excluding hydrogens is 500 g/mol. The van der Waals surface area contributed by atoms with E-state index >= 15 is 0 Å². The molecule has 0 saturated carbocycles. The van der Waals surface area contributed by atoms with Crippen molar-refractivity contribution < 1.29 is 38.1 Å². The smallest absolute Gasteiger partial charge is 0.350 e. The summed E-state index contributed by atoms with van der Waals surface area (Å²) < 4.78 is 21.2. The molecule has 2 aliphatic rings. The van der Waals surface area contributed by atoms with E-state index in [1.54, 1.807) is 48.5 Å². The zero-order valence-corrected chi connectivity index (χ0v) is 20.8. The molecule has 192 valence electrons. The number of carbonyl (C=O) groups is 4. The van der Waals surface area contributed by atoms with Crippen LogP contribution < -0.4 is 9.47 Å². The number of hydrogen-bond acceptors (Lipinski definition) is 8. The quantitative estimate of drug-likeness (QED) is 0.218. The van der Waals surface area contributed by atoms with E-state index in [1.807, 2.05) is 24.3 Å². The lowest BCUT2D eigenvalue weighted by atomic mass is 9.78. The third-order valence-electron chi connectivity index (χ3n) is 6.88. The Morgan fingerprint density at radius 2 is 0.897 bits per heavy atom. The van der Waals surface area contributed by atoms with Crippen molar-refractivity contribution in [2.45, 2.75) is 19.3 Å². The maximum absolute atomic E-state index is 12.1. The zero-order valence-electron chi connectivity index (χ0n) is 20.8. The molecule has 0 unspecified atom stereocenters. The average molecular weight is 520 g/mol. The van der Waals surface area contributed by atoms with Crippen LogP contribution in [0.2, 0.25) is 0 Å². The molecule has 4 aromatic carbocycles. The molecule has 0 spiro atoms. The summed E-state index contributed by atoms with van der Waals surface area (Å²) in [6.07, 6.45) is 0. The normalized spacial score (nSPS) is 14.0. The van der Waals surface area contributed by atoms with E-state index in [-0.39, 0.29) is 39.2 Å². The van der Waals surface area contributed by atoms with Crippen molar-refractivity contribution in [2.75, 3.05) is 0 Å². The zero-order chi connectivity index (χ0) is 27.3. The highest BCUT2D eigenvalue weighted by molar-refractivity contribution is 6.16. The summed E-state index contributed by atoms with van der Waals surface area (Å²) in [7, 11) is 0. The lowest BCUT2D eigenvalue weighted by Gasteiger charge is -2.26. The third-order valence-corrected chi connectivity index (χ3v) is 6.88.